The van der Waals surface area contributed by atoms with Crippen LogP contribution >= 0.6 is 11.3 Å². The average molecular weight is 456 g/mol. The van der Waals surface area contributed by atoms with Crippen LogP contribution in [0, 0.1) is 6.92 Å². The summed E-state index contributed by atoms with van der Waals surface area (Å²) in [5.41, 5.74) is 4.24. The maximum atomic E-state index is 13.2. The van der Waals surface area contributed by atoms with E-state index in [2.05, 4.69) is 58.2 Å². The molecule has 0 aliphatic carbocycles. The fourth-order valence-electron chi connectivity index (χ4n) is 3.97. The van der Waals surface area contributed by atoms with Crippen LogP contribution in [0.15, 0.2) is 73.1 Å². The number of thiazole rings is 1. The Morgan fingerprint density at radius 3 is 2.27 bits per heavy atom. The Morgan fingerprint density at radius 2 is 1.58 bits per heavy atom. The minimum Gasteiger partial charge on any atom is -0.339 e. The van der Waals surface area contributed by atoms with Gasteiger partial charge in [-0.25, -0.2) is 15.0 Å². The highest BCUT2D eigenvalue weighted by molar-refractivity contribution is 7.18. The zero-order valence-electron chi connectivity index (χ0n) is 18.5. The SMILES string of the molecule is Cc1ccc(-c2sc(-c3ccccc3)nc2CC(=O)N2CCN(c3ncccn3)CC2)cc1. The summed E-state index contributed by atoms with van der Waals surface area (Å²) >= 11 is 1.65. The smallest absolute Gasteiger partial charge is 0.228 e. The number of rotatable bonds is 5. The second-order valence-electron chi connectivity index (χ2n) is 8.12. The van der Waals surface area contributed by atoms with Crippen molar-refractivity contribution in [1.82, 2.24) is 19.9 Å². The van der Waals surface area contributed by atoms with Gasteiger partial charge in [-0.05, 0) is 18.6 Å². The molecule has 166 valence electrons. The number of aromatic nitrogens is 3. The summed E-state index contributed by atoms with van der Waals surface area (Å²) < 4.78 is 0. The van der Waals surface area contributed by atoms with Gasteiger partial charge in [0.1, 0.15) is 5.01 Å². The number of hydrogen-bond acceptors (Lipinski definition) is 6. The van der Waals surface area contributed by atoms with Crippen LogP contribution in [0.4, 0.5) is 5.95 Å². The number of carbonyl (C=O) groups excluding carboxylic acids is 1. The van der Waals surface area contributed by atoms with Crippen molar-refractivity contribution in [2.75, 3.05) is 31.1 Å². The van der Waals surface area contributed by atoms with Crippen molar-refractivity contribution >= 4 is 23.2 Å². The maximum Gasteiger partial charge on any atom is 0.228 e. The lowest BCUT2D eigenvalue weighted by Gasteiger charge is -2.34. The van der Waals surface area contributed by atoms with E-state index in [0.29, 0.717) is 19.5 Å². The summed E-state index contributed by atoms with van der Waals surface area (Å²) in [7, 11) is 0. The van der Waals surface area contributed by atoms with Gasteiger partial charge in [-0.15, -0.1) is 11.3 Å². The molecule has 1 aliphatic heterocycles. The molecule has 1 amide bonds. The van der Waals surface area contributed by atoms with E-state index in [9.17, 15) is 4.79 Å². The Bertz CT molecular complexity index is 1220. The Balaban J connectivity index is 1.35. The van der Waals surface area contributed by atoms with E-state index in [-0.39, 0.29) is 5.91 Å². The molecule has 1 saturated heterocycles. The quantitative estimate of drug-likeness (QED) is 0.444. The van der Waals surface area contributed by atoms with E-state index in [4.69, 9.17) is 4.98 Å². The van der Waals surface area contributed by atoms with Crippen LogP contribution in [0.25, 0.3) is 21.0 Å². The van der Waals surface area contributed by atoms with E-state index in [1.54, 1.807) is 23.7 Å². The third-order valence-corrected chi connectivity index (χ3v) is 7.01. The second kappa shape index (κ2) is 9.50. The molecule has 6 nitrogen and oxygen atoms in total. The van der Waals surface area contributed by atoms with E-state index in [0.717, 1.165) is 45.7 Å². The van der Waals surface area contributed by atoms with Crippen LogP contribution in [0.5, 0.6) is 0 Å². The first kappa shape index (κ1) is 21.3. The van der Waals surface area contributed by atoms with Crippen molar-refractivity contribution < 1.29 is 4.79 Å². The lowest BCUT2D eigenvalue weighted by Crippen LogP contribution is -2.49. The first-order valence-corrected chi connectivity index (χ1v) is 11.9. The second-order valence-corrected chi connectivity index (χ2v) is 9.12. The molecule has 3 heterocycles. The van der Waals surface area contributed by atoms with Gasteiger partial charge in [-0.3, -0.25) is 4.79 Å². The van der Waals surface area contributed by atoms with Crippen LogP contribution in [0.3, 0.4) is 0 Å². The molecule has 0 saturated carbocycles. The molecule has 0 spiro atoms. The number of amides is 1. The number of benzene rings is 2. The molecule has 1 aliphatic rings. The summed E-state index contributed by atoms with van der Waals surface area (Å²) in [5, 5.41) is 0.944. The molecule has 1 fully saturated rings. The van der Waals surface area contributed by atoms with Crippen molar-refractivity contribution in [2.45, 2.75) is 13.3 Å². The van der Waals surface area contributed by atoms with E-state index >= 15 is 0 Å². The fourth-order valence-corrected chi connectivity index (χ4v) is 5.06. The van der Waals surface area contributed by atoms with E-state index in [1.807, 2.05) is 29.2 Å². The molecule has 0 radical (unpaired) electrons. The summed E-state index contributed by atoms with van der Waals surface area (Å²) in [6.07, 6.45) is 3.80. The monoisotopic (exact) mass is 455 g/mol. The van der Waals surface area contributed by atoms with Gasteiger partial charge >= 0.3 is 0 Å². The summed E-state index contributed by atoms with van der Waals surface area (Å²) in [4.78, 5) is 31.9. The predicted octanol–water partition coefficient (Wildman–Crippen LogP) is 4.47. The minimum absolute atomic E-state index is 0.113. The van der Waals surface area contributed by atoms with Crippen LogP contribution < -0.4 is 4.90 Å². The molecule has 4 aromatic rings. The zero-order valence-corrected chi connectivity index (χ0v) is 19.3. The number of carbonyl (C=O) groups is 1. The third-order valence-electron chi connectivity index (χ3n) is 5.82. The highest BCUT2D eigenvalue weighted by Crippen LogP contribution is 2.36. The molecule has 5 rings (SSSR count). The molecule has 0 atom stereocenters. The van der Waals surface area contributed by atoms with Crippen LogP contribution in [-0.4, -0.2) is 51.9 Å². The molecule has 7 heteroatoms. The van der Waals surface area contributed by atoms with Gasteiger partial charge in [0, 0.05) is 44.1 Å². The highest BCUT2D eigenvalue weighted by Gasteiger charge is 2.25. The molecular weight excluding hydrogens is 430 g/mol. The maximum absolute atomic E-state index is 13.2. The van der Waals surface area contributed by atoms with Crippen LogP contribution in [0.1, 0.15) is 11.3 Å². The van der Waals surface area contributed by atoms with Gasteiger partial charge in [0.25, 0.3) is 0 Å². The molecule has 0 bridgehead atoms. The van der Waals surface area contributed by atoms with E-state index in [1.165, 1.54) is 5.56 Å². The Morgan fingerprint density at radius 1 is 0.879 bits per heavy atom. The van der Waals surface area contributed by atoms with Crippen molar-refractivity contribution in [3.63, 3.8) is 0 Å². The molecule has 33 heavy (non-hydrogen) atoms. The Hall–Kier alpha value is -3.58. The van der Waals surface area contributed by atoms with Gasteiger partial charge in [-0.1, -0.05) is 60.2 Å². The molecular formula is C26H25N5OS. The highest BCUT2D eigenvalue weighted by atomic mass is 32.1. The summed E-state index contributed by atoms with van der Waals surface area (Å²) in [6.45, 7) is 4.86. The average Bonchev–Trinajstić information content (AvgIpc) is 3.29. The number of piperazine rings is 1. The molecule has 2 aromatic heterocycles. The van der Waals surface area contributed by atoms with Crippen molar-refractivity contribution in [3.05, 3.63) is 84.3 Å². The number of anilines is 1. The number of aryl methyl sites for hydroxylation is 1. The van der Waals surface area contributed by atoms with Gasteiger partial charge < -0.3 is 9.80 Å². The lowest BCUT2D eigenvalue weighted by molar-refractivity contribution is -0.130. The zero-order chi connectivity index (χ0) is 22.6. The Labute approximate surface area is 197 Å². The van der Waals surface area contributed by atoms with Crippen LogP contribution in [-0.2, 0) is 11.2 Å². The van der Waals surface area contributed by atoms with Gasteiger partial charge in [0.05, 0.1) is 17.0 Å². The van der Waals surface area contributed by atoms with Gasteiger partial charge in [-0.2, -0.15) is 0 Å². The normalized spacial score (nSPS) is 13.8. The van der Waals surface area contributed by atoms with Crippen molar-refractivity contribution in [3.8, 4) is 21.0 Å². The third kappa shape index (κ3) is 4.78. The first-order valence-electron chi connectivity index (χ1n) is 11.1. The topological polar surface area (TPSA) is 62.2 Å². The Kier molecular flexibility index (Phi) is 6.13. The summed E-state index contributed by atoms with van der Waals surface area (Å²) in [6, 6.07) is 20.4. The van der Waals surface area contributed by atoms with Crippen molar-refractivity contribution in [1.29, 1.82) is 0 Å². The summed E-state index contributed by atoms with van der Waals surface area (Å²) in [5.74, 6) is 0.833. The first-order chi connectivity index (χ1) is 16.2. The minimum atomic E-state index is 0.113. The van der Waals surface area contributed by atoms with Crippen LogP contribution in [0.2, 0.25) is 0 Å². The molecule has 2 aromatic carbocycles. The lowest BCUT2D eigenvalue weighted by atomic mass is 10.1. The fraction of sp³-hybridized carbons (Fsp3) is 0.231. The standard InChI is InChI=1S/C26H25N5OS/c1-19-8-10-20(11-9-19)24-22(29-25(33-24)21-6-3-2-4-7-21)18-23(32)30-14-16-31(17-15-30)26-27-12-5-13-28-26/h2-13H,14-18H2,1H3. The predicted molar refractivity (Wildman–Crippen MR) is 132 cm³/mol. The number of nitrogens with zero attached hydrogens (tertiary/aromatic N) is 5. The van der Waals surface area contributed by atoms with Gasteiger partial charge in [0.2, 0.25) is 11.9 Å². The molecule has 0 unspecified atom stereocenters. The largest absolute Gasteiger partial charge is 0.339 e. The van der Waals surface area contributed by atoms with Gasteiger partial charge in [0.15, 0.2) is 0 Å². The molecule has 0 N–H and O–H groups in total. The number of hydrogen-bond donors (Lipinski definition) is 0. The van der Waals surface area contributed by atoms with E-state index < -0.39 is 0 Å². The van der Waals surface area contributed by atoms with Crippen molar-refractivity contribution in [2.24, 2.45) is 0 Å².